The molecule has 0 aliphatic carbocycles. The monoisotopic (exact) mass is 426 g/mol. The lowest BCUT2D eigenvalue weighted by atomic mass is 10.3. The molecule has 120 valence electrons. The van der Waals surface area contributed by atoms with Crippen LogP contribution in [0.4, 0.5) is 0 Å². The molecular weight excluding hydrogens is 408 g/mol. The molecule has 0 saturated carbocycles. The fourth-order valence-electron chi connectivity index (χ4n) is 1.45. The maximum absolute atomic E-state index is 5.65. The van der Waals surface area contributed by atoms with E-state index in [1.165, 1.54) is 0 Å². The summed E-state index contributed by atoms with van der Waals surface area (Å²) < 4.78 is 28.2. The lowest BCUT2D eigenvalue weighted by Gasteiger charge is -2.11. The number of hydrogen-bond acceptors (Lipinski definition) is 5. The van der Waals surface area contributed by atoms with Crippen LogP contribution in [0.25, 0.3) is 0 Å². The third kappa shape index (κ3) is 7.46. The summed E-state index contributed by atoms with van der Waals surface area (Å²) in [6.45, 7) is 3.24. The number of benzene rings is 1. The second-order valence-corrected chi connectivity index (χ2v) is 5.69. The van der Waals surface area contributed by atoms with Crippen molar-refractivity contribution in [2.75, 3.05) is 53.9 Å². The van der Waals surface area contributed by atoms with Crippen molar-refractivity contribution >= 4 is 31.9 Å². The Morgan fingerprint density at radius 1 is 0.762 bits per heavy atom. The minimum Gasteiger partial charge on any atom is -0.495 e. The van der Waals surface area contributed by atoms with Crippen LogP contribution in [-0.2, 0) is 14.2 Å². The SMILES string of the molecule is COCCOCCOCCOc1cc(OC)c(Br)cc1Br. The normalized spacial score (nSPS) is 10.7. The zero-order chi connectivity index (χ0) is 15.5. The maximum Gasteiger partial charge on any atom is 0.137 e. The fourth-order valence-corrected chi connectivity index (χ4v) is 2.72. The zero-order valence-electron chi connectivity index (χ0n) is 12.2. The van der Waals surface area contributed by atoms with Crippen LogP contribution in [0.3, 0.4) is 0 Å². The van der Waals surface area contributed by atoms with Crippen molar-refractivity contribution in [1.82, 2.24) is 0 Å². The van der Waals surface area contributed by atoms with Gasteiger partial charge in [0.2, 0.25) is 0 Å². The number of halogens is 2. The van der Waals surface area contributed by atoms with Gasteiger partial charge >= 0.3 is 0 Å². The molecule has 1 aromatic rings. The van der Waals surface area contributed by atoms with Crippen molar-refractivity contribution in [2.45, 2.75) is 0 Å². The van der Waals surface area contributed by atoms with Gasteiger partial charge in [-0.05, 0) is 37.9 Å². The van der Waals surface area contributed by atoms with Gasteiger partial charge in [-0.2, -0.15) is 0 Å². The molecule has 0 N–H and O–H groups in total. The standard InChI is InChI=1S/C14H20Br2O5/c1-17-3-4-19-5-6-20-7-8-21-14-10-13(18-2)11(15)9-12(14)16/h9-10H,3-8H2,1-2H3. The molecule has 1 rings (SSSR count). The Morgan fingerprint density at radius 2 is 1.33 bits per heavy atom. The van der Waals surface area contributed by atoms with Crippen molar-refractivity contribution in [2.24, 2.45) is 0 Å². The van der Waals surface area contributed by atoms with E-state index in [0.717, 1.165) is 20.4 Å². The van der Waals surface area contributed by atoms with Crippen LogP contribution in [0.15, 0.2) is 21.1 Å². The summed E-state index contributed by atoms with van der Waals surface area (Å²) >= 11 is 6.86. The van der Waals surface area contributed by atoms with Gasteiger partial charge in [0.25, 0.3) is 0 Å². The van der Waals surface area contributed by atoms with Gasteiger partial charge in [0.1, 0.15) is 18.1 Å². The first-order valence-corrected chi connectivity index (χ1v) is 8.08. The third-order valence-electron chi connectivity index (χ3n) is 2.50. The van der Waals surface area contributed by atoms with E-state index in [9.17, 15) is 0 Å². The number of hydrogen-bond donors (Lipinski definition) is 0. The molecule has 0 fully saturated rings. The van der Waals surface area contributed by atoms with E-state index in [-0.39, 0.29) is 0 Å². The van der Waals surface area contributed by atoms with Gasteiger partial charge < -0.3 is 23.7 Å². The predicted molar refractivity (Wildman–Crippen MR) is 87.4 cm³/mol. The summed E-state index contributed by atoms with van der Waals surface area (Å²) in [7, 11) is 3.26. The van der Waals surface area contributed by atoms with Crippen LogP contribution < -0.4 is 9.47 Å². The Balaban J connectivity index is 2.18. The fraction of sp³-hybridized carbons (Fsp3) is 0.571. The summed E-state index contributed by atoms with van der Waals surface area (Å²) in [4.78, 5) is 0. The molecular formula is C14H20Br2O5. The first kappa shape index (κ1) is 18.7. The molecule has 0 saturated heterocycles. The molecule has 0 aliphatic rings. The summed E-state index contributed by atoms with van der Waals surface area (Å²) in [5, 5.41) is 0. The lowest BCUT2D eigenvalue weighted by molar-refractivity contribution is 0.0179. The Labute approximate surface area is 142 Å². The molecule has 1 aromatic carbocycles. The summed E-state index contributed by atoms with van der Waals surface area (Å²) in [6.07, 6.45) is 0. The van der Waals surface area contributed by atoms with E-state index < -0.39 is 0 Å². The van der Waals surface area contributed by atoms with E-state index in [2.05, 4.69) is 31.9 Å². The molecule has 0 aromatic heterocycles. The molecule has 0 amide bonds. The van der Waals surface area contributed by atoms with E-state index in [1.807, 2.05) is 12.1 Å². The topological polar surface area (TPSA) is 46.2 Å². The second-order valence-electron chi connectivity index (χ2n) is 3.98. The molecule has 5 nitrogen and oxygen atoms in total. The number of methoxy groups -OCH3 is 2. The van der Waals surface area contributed by atoms with Crippen LogP contribution in [0.1, 0.15) is 0 Å². The van der Waals surface area contributed by atoms with Crippen molar-refractivity contribution in [3.05, 3.63) is 21.1 Å². The minimum atomic E-state index is 0.460. The van der Waals surface area contributed by atoms with Crippen molar-refractivity contribution in [1.29, 1.82) is 0 Å². The van der Waals surface area contributed by atoms with Crippen molar-refractivity contribution in [3.8, 4) is 11.5 Å². The van der Waals surface area contributed by atoms with Crippen LogP contribution in [0.2, 0.25) is 0 Å². The molecule has 7 heteroatoms. The van der Waals surface area contributed by atoms with E-state index in [0.29, 0.717) is 39.6 Å². The Kier molecular flexibility index (Phi) is 10.0. The largest absolute Gasteiger partial charge is 0.495 e. The van der Waals surface area contributed by atoms with Gasteiger partial charge in [-0.15, -0.1) is 0 Å². The molecule has 0 atom stereocenters. The summed E-state index contributed by atoms with van der Waals surface area (Å²) in [5.41, 5.74) is 0. The second kappa shape index (κ2) is 11.3. The predicted octanol–water partition coefficient (Wildman–Crippen LogP) is 3.28. The van der Waals surface area contributed by atoms with Gasteiger partial charge in [-0.25, -0.2) is 0 Å². The van der Waals surface area contributed by atoms with Gasteiger partial charge in [0, 0.05) is 13.2 Å². The third-order valence-corrected chi connectivity index (χ3v) is 3.73. The Morgan fingerprint density at radius 3 is 1.95 bits per heavy atom. The van der Waals surface area contributed by atoms with Gasteiger partial charge in [-0.3, -0.25) is 0 Å². The highest BCUT2D eigenvalue weighted by atomic mass is 79.9. The van der Waals surface area contributed by atoms with Crippen molar-refractivity contribution in [3.63, 3.8) is 0 Å². The van der Waals surface area contributed by atoms with E-state index in [1.54, 1.807) is 14.2 Å². The molecule has 21 heavy (non-hydrogen) atoms. The first-order chi connectivity index (χ1) is 10.2. The van der Waals surface area contributed by atoms with Crippen LogP contribution >= 0.6 is 31.9 Å². The van der Waals surface area contributed by atoms with Gasteiger partial charge in [0.15, 0.2) is 0 Å². The minimum absolute atomic E-state index is 0.460. The van der Waals surface area contributed by atoms with Crippen molar-refractivity contribution < 1.29 is 23.7 Å². The smallest absolute Gasteiger partial charge is 0.137 e. The zero-order valence-corrected chi connectivity index (χ0v) is 15.4. The Bertz CT molecular complexity index is 415. The highest BCUT2D eigenvalue weighted by Gasteiger charge is 2.08. The molecule has 0 unspecified atom stereocenters. The van der Waals surface area contributed by atoms with Crippen LogP contribution in [-0.4, -0.2) is 53.9 Å². The summed E-state index contributed by atoms with van der Waals surface area (Å²) in [6, 6.07) is 3.71. The average molecular weight is 428 g/mol. The molecule has 0 radical (unpaired) electrons. The van der Waals surface area contributed by atoms with Gasteiger partial charge in [-0.1, -0.05) is 0 Å². The number of ether oxygens (including phenoxy) is 5. The lowest BCUT2D eigenvalue weighted by Crippen LogP contribution is -2.12. The Hall–Kier alpha value is -0.340. The highest BCUT2D eigenvalue weighted by molar-refractivity contribution is 9.11. The quantitative estimate of drug-likeness (QED) is 0.507. The summed E-state index contributed by atoms with van der Waals surface area (Å²) in [5.74, 6) is 1.44. The number of rotatable bonds is 11. The van der Waals surface area contributed by atoms with Gasteiger partial charge in [0.05, 0.1) is 49.1 Å². The van der Waals surface area contributed by atoms with Crippen LogP contribution in [0.5, 0.6) is 11.5 Å². The maximum atomic E-state index is 5.65. The van der Waals surface area contributed by atoms with E-state index in [4.69, 9.17) is 23.7 Å². The molecule has 0 heterocycles. The highest BCUT2D eigenvalue weighted by Crippen LogP contribution is 2.35. The molecule has 0 bridgehead atoms. The molecule has 0 aliphatic heterocycles. The molecule has 0 spiro atoms. The van der Waals surface area contributed by atoms with Crippen LogP contribution in [0, 0.1) is 0 Å². The average Bonchev–Trinajstić information content (AvgIpc) is 2.47. The first-order valence-electron chi connectivity index (χ1n) is 6.49. The van der Waals surface area contributed by atoms with E-state index >= 15 is 0 Å².